The van der Waals surface area contributed by atoms with Crippen molar-refractivity contribution in [2.45, 2.75) is 89.6 Å². The van der Waals surface area contributed by atoms with Gasteiger partial charge in [-0.25, -0.2) is 4.39 Å². The Kier molecular flexibility index (Phi) is 9.76. The quantitative estimate of drug-likeness (QED) is 0.175. The maximum atomic E-state index is 14.1. The molecular formula is C36H43BFNO6. The number of rotatable bonds is 10. The predicted molar refractivity (Wildman–Crippen MR) is 171 cm³/mol. The number of likely N-dealkylation sites (tertiary alicyclic amines) is 1. The SMILES string of the molecule is CCC/C(=C\c1ccc(O)c(F)c1)CC[C@H]1OB(O)C[C@H]2C1=C(COc1ccccc1)C[C@H]1C(=O)N(C3CCCCC3)C(=O)[C@H]12. The van der Waals surface area contributed by atoms with Crippen molar-refractivity contribution in [3.63, 3.8) is 0 Å². The minimum Gasteiger partial charge on any atom is -0.505 e. The lowest BCUT2D eigenvalue weighted by atomic mass is 9.58. The third-order valence-electron chi connectivity index (χ3n) is 10.1. The Morgan fingerprint density at radius 3 is 2.58 bits per heavy atom. The third kappa shape index (κ3) is 6.75. The summed E-state index contributed by atoms with van der Waals surface area (Å²) in [5.41, 5.74) is 3.76. The Bertz CT molecular complexity index is 1450. The van der Waals surface area contributed by atoms with Gasteiger partial charge in [0.15, 0.2) is 11.6 Å². The van der Waals surface area contributed by atoms with Gasteiger partial charge in [-0.15, -0.1) is 0 Å². The molecule has 9 heteroatoms. The number of para-hydroxylation sites is 1. The molecular weight excluding hydrogens is 572 g/mol. The van der Waals surface area contributed by atoms with Crippen molar-refractivity contribution < 1.29 is 33.5 Å². The van der Waals surface area contributed by atoms with E-state index in [1.807, 2.05) is 36.4 Å². The molecule has 7 nitrogen and oxygen atoms in total. The molecule has 3 fully saturated rings. The van der Waals surface area contributed by atoms with Crippen LogP contribution < -0.4 is 4.74 Å². The van der Waals surface area contributed by atoms with E-state index < -0.39 is 30.9 Å². The molecule has 0 radical (unpaired) electrons. The van der Waals surface area contributed by atoms with Crippen LogP contribution in [0.15, 0.2) is 65.3 Å². The number of aromatic hydroxyl groups is 1. The number of nitrogens with zero attached hydrogens (tertiary/aromatic N) is 1. The average Bonchev–Trinajstić information content (AvgIpc) is 3.30. The van der Waals surface area contributed by atoms with Crippen molar-refractivity contribution in [3.05, 3.63) is 76.6 Å². The highest BCUT2D eigenvalue weighted by molar-refractivity contribution is 6.43. The second-order valence-electron chi connectivity index (χ2n) is 13.1. The molecule has 4 atom stereocenters. The van der Waals surface area contributed by atoms with E-state index in [9.17, 15) is 24.1 Å². The van der Waals surface area contributed by atoms with Crippen molar-refractivity contribution in [2.24, 2.45) is 17.8 Å². The van der Waals surface area contributed by atoms with Gasteiger partial charge in [-0.1, -0.05) is 68.5 Å². The number of hydrogen-bond acceptors (Lipinski definition) is 6. The molecule has 6 rings (SSSR count). The summed E-state index contributed by atoms with van der Waals surface area (Å²) in [7, 11) is -1.05. The van der Waals surface area contributed by atoms with Crippen LogP contribution in [0.2, 0.25) is 6.32 Å². The maximum Gasteiger partial charge on any atom is 0.455 e. The van der Waals surface area contributed by atoms with Gasteiger partial charge in [0.25, 0.3) is 0 Å². The van der Waals surface area contributed by atoms with Crippen LogP contribution in [0, 0.1) is 23.6 Å². The van der Waals surface area contributed by atoms with Gasteiger partial charge in [0, 0.05) is 6.04 Å². The number of phenols is 1. The number of halogens is 1. The second kappa shape index (κ2) is 13.9. The molecule has 0 spiro atoms. The first kappa shape index (κ1) is 31.6. The Morgan fingerprint density at radius 2 is 1.84 bits per heavy atom. The Labute approximate surface area is 265 Å². The molecule has 0 bridgehead atoms. The minimum absolute atomic E-state index is 0.0381. The first-order chi connectivity index (χ1) is 21.8. The topological polar surface area (TPSA) is 96.3 Å². The number of hydrogen-bond donors (Lipinski definition) is 2. The molecule has 2 N–H and O–H groups in total. The number of amides is 2. The summed E-state index contributed by atoms with van der Waals surface area (Å²) in [6.45, 7) is 2.37. The third-order valence-corrected chi connectivity index (χ3v) is 10.1. The molecule has 2 amide bonds. The summed E-state index contributed by atoms with van der Waals surface area (Å²) in [5, 5.41) is 20.6. The van der Waals surface area contributed by atoms with Crippen LogP contribution in [0.3, 0.4) is 0 Å². The number of imide groups is 1. The molecule has 2 heterocycles. The van der Waals surface area contributed by atoms with Crippen LogP contribution >= 0.6 is 0 Å². The van der Waals surface area contributed by atoms with Gasteiger partial charge in [0.05, 0.1) is 17.9 Å². The van der Waals surface area contributed by atoms with Gasteiger partial charge in [0.1, 0.15) is 12.4 Å². The fourth-order valence-corrected chi connectivity index (χ4v) is 8.06. The molecule has 2 aromatic carbocycles. The number of ether oxygens (including phenoxy) is 1. The van der Waals surface area contributed by atoms with E-state index in [-0.39, 0.29) is 42.5 Å². The van der Waals surface area contributed by atoms with E-state index in [2.05, 4.69) is 6.92 Å². The zero-order valence-corrected chi connectivity index (χ0v) is 26.0. The number of benzene rings is 2. The van der Waals surface area contributed by atoms with Gasteiger partial charge >= 0.3 is 7.12 Å². The summed E-state index contributed by atoms with van der Waals surface area (Å²) >= 11 is 0. The summed E-state index contributed by atoms with van der Waals surface area (Å²) in [6, 6.07) is 13.9. The normalized spacial score (nSPS) is 25.9. The minimum atomic E-state index is -1.05. The summed E-state index contributed by atoms with van der Waals surface area (Å²) in [5.74, 6) is -1.73. The average molecular weight is 616 g/mol. The number of fused-ring (bicyclic) bond motifs is 3. The molecule has 238 valence electrons. The Morgan fingerprint density at radius 1 is 1.07 bits per heavy atom. The zero-order chi connectivity index (χ0) is 31.5. The van der Waals surface area contributed by atoms with E-state index in [1.165, 1.54) is 12.1 Å². The molecule has 2 aliphatic carbocycles. The lowest BCUT2D eigenvalue weighted by Gasteiger charge is -2.43. The lowest BCUT2D eigenvalue weighted by Crippen LogP contribution is -2.47. The Hall–Kier alpha value is -3.43. The first-order valence-electron chi connectivity index (χ1n) is 16.6. The number of carbonyl (C=O) groups is 2. The first-order valence-corrected chi connectivity index (χ1v) is 16.6. The number of carbonyl (C=O) groups excluding carboxylic acids is 2. The van der Waals surface area contributed by atoms with Crippen LogP contribution in [0.5, 0.6) is 11.5 Å². The smallest absolute Gasteiger partial charge is 0.455 e. The van der Waals surface area contributed by atoms with Crippen molar-refractivity contribution in [2.75, 3.05) is 6.61 Å². The molecule has 2 aliphatic heterocycles. The second-order valence-corrected chi connectivity index (χ2v) is 13.1. The van der Waals surface area contributed by atoms with Crippen molar-refractivity contribution in [1.82, 2.24) is 4.90 Å². The largest absolute Gasteiger partial charge is 0.505 e. The number of phenolic OH excluding ortho intramolecular Hbond substituents is 1. The highest BCUT2D eigenvalue weighted by Gasteiger charge is 2.58. The molecule has 1 saturated carbocycles. The Balaban J connectivity index is 1.30. The molecule has 2 aromatic rings. The highest BCUT2D eigenvalue weighted by atomic mass is 19.1. The van der Waals surface area contributed by atoms with Gasteiger partial charge in [-0.2, -0.15) is 0 Å². The lowest BCUT2D eigenvalue weighted by molar-refractivity contribution is -0.143. The van der Waals surface area contributed by atoms with Crippen LogP contribution in [-0.4, -0.2) is 52.7 Å². The van der Waals surface area contributed by atoms with Crippen LogP contribution in [0.1, 0.15) is 76.7 Å². The van der Waals surface area contributed by atoms with Crippen molar-refractivity contribution >= 4 is 25.0 Å². The van der Waals surface area contributed by atoms with E-state index in [4.69, 9.17) is 9.39 Å². The zero-order valence-electron chi connectivity index (χ0n) is 26.0. The van der Waals surface area contributed by atoms with Crippen LogP contribution in [0.25, 0.3) is 6.08 Å². The predicted octanol–water partition coefficient (Wildman–Crippen LogP) is 6.70. The molecule has 0 unspecified atom stereocenters. The van der Waals surface area contributed by atoms with E-state index in [0.29, 0.717) is 24.8 Å². The van der Waals surface area contributed by atoms with Crippen molar-refractivity contribution in [3.8, 4) is 11.5 Å². The van der Waals surface area contributed by atoms with Gasteiger partial charge < -0.3 is 19.5 Å². The molecule has 0 aromatic heterocycles. The van der Waals surface area contributed by atoms with Gasteiger partial charge in [0.2, 0.25) is 11.8 Å². The number of allylic oxidation sites excluding steroid dienone is 1. The fraction of sp³-hybridized carbons (Fsp3) is 0.500. The molecule has 45 heavy (non-hydrogen) atoms. The van der Waals surface area contributed by atoms with E-state index in [0.717, 1.165) is 67.4 Å². The van der Waals surface area contributed by atoms with E-state index >= 15 is 0 Å². The van der Waals surface area contributed by atoms with Crippen molar-refractivity contribution in [1.29, 1.82) is 0 Å². The summed E-state index contributed by atoms with van der Waals surface area (Å²) in [4.78, 5) is 29.6. The maximum absolute atomic E-state index is 14.1. The fourth-order valence-electron chi connectivity index (χ4n) is 8.06. The highest BCUT2D eigenvalue weighted by Crippen LogP contribution is 2.51. The molecule has 2 saturated heterocycles. The van der Waals surface area contributed by atoms with Gasteiger partial charge in [-0.3, -0.25) is 14.5 Å². The van der Waals surface area contributed by atoms with Crippen LogP contribution in [0.4, 0.5) is 4.39 Å². The van der Waals surface area contributed by atoms with Crippen LogP contribution in [-0.2, 0) is 14.2 Å². The van der Waals surface area contributed by atoms with Gasteiger partial charge in [-0.05, 0) is 91.7 Å². The standard InChI is InChI=1S/C36H43BFNO6/c1-2-9-23(18-24-14-16-31(40)30(38)19-24)15-17-32-33-25(22-44-27-12-7-4-8-13-27)20-28-34(29(33)21-37(43)45-32)36(42)39(35(28)41)26-10-5-3-6-11-26/h4,7-8,12-14,16,18-19,26,28-29,32,34,40,43H,2-3,5-6,9-11,15,17,20-22H2,1H3/b23-18+/t28-,29+,32-,34-/m1/s1. The molecule has 4 aliphatic rings. The monoisotopic (exact) mass is 615 g/mol. The summed E-state index contributed by atoms with van der Waals surface area (Å²) in [6.07, 6.45) is 10.0. The summed E-state index contributed by atoms with van der Waals surface area (Å²) < 4.78 is 26.5. The van der Waals surface area contributed by atoms with E-state index in [1.54, 1.807) is 11.0 Å².